The fraction of sp³-hybridized carbons (Fsp3) is 0.320. The van der Waals surface area contributed by atoms with Crippen molar-refractivity contribution in [2.75, 3.05) is 13.7 Å². The fourth-order valence-electron chi connectivity index (χ4n) is 4.94. The van der Waals surface area contributed by atoms with Crippen molar-refractivity contribution in [2.45, 2.75) is 42.5 Å². The van der Waals surface area contributed by atoms with E-state index in [1.165, 1.54) is 17.6 Å². The van der Waals surface area contributed by atoms with Crippen molar-refractivity contribution >= 4 is 17.7 Å². The van der Waals surface area contributed by atoms with Crippen LogP contribution in [0.25, 0.3) is 0 Å². The Morgan fingerprint density at radius 3 is 2.52 bits per heavy atom. The molecule has 0 unspecified atom stereocenters. The van der Waals surface area contributed by atoms with E-state index in [0.717, 1.165) is 16.9 Å². The molecule has 3 heterocycles. The van der Waals surface area contributed by atoms with Crippen LogP contribution in [0, 0.1) is 0 Å². The molecule has 7 nitrogen and oxygen atoms in total. The van der Waals surface area contributed by atoms with Crippen molar-refractivity contribution < 1.29 is 14.6 Å². The Labute approximate surface area is 196 Å². The SMILES string of the molecule is COc1nc(=O)c(O)c2n1[C@@H]([C@H]1c3ccccc3CSc3ccccc31)CN(C(C)C)C2=O. The van der Waals surface area contributed by atoms with E-state index in [2.05, 4.69) is 29.2 Å². The topological polar surface area (TPSA) is 84.7 Å². The minimum Gasteiger partial charge on any atom is -0.501 e. The molecule has 3 aromatic rings. The Morgan fingerprint density at radius 1 is 1.09 bits per heavy atom. The highest BCUT2D eigenvalue weighted by Gasteiger charge is 2.43. The molecule has 1 aromatic heterocycles. The number of methoxy groups -OCH3 is 1. The number of benzene rings is 2. The zero-order chi connectivity index (χ0) is 23.3. The molecule has 0 radical (unpaired) electrons. The highest BCUT2D eigenvalue weighted by Crippen LogP contribution is 2.48. The van der Waals surface area contributed by atoms with E-state index >= 15 is 0 Å². The van der Waals surface area contributed by atoms with Gasteiger partial charge < -0.3 is 14.7 Å². The summed E-state index contributed by atoms with van der Waals surface area (Å²) in [5.74, 6) is -0.346. The first-order valence-electron chi connectivity index (χ1n) is 10.9. The molecule has 0 saturated heterocycles. The van der Waals surface area contributed by atoms with Gasteiger partial charge in [0.2, 0.25) is 5.75 Å². The first-order valence-corrected chi connectivity index (χ1v) is 11.9. The van der Waals surface area contributed by atoms with Crippen LogP contribution >= 0.6 is 11.8 Å². The molecular formula is C25H25N3O4S. The summed E-state index contributed by atoms with van der Waals surface area (Å²) in [6.45, 7) is 4.26. The molecule has 0 aliphatic carbocycles. The monoisotopic (exact) mass is 463 g/mol. The molecule has 2 atom stereocenters. The second kappa shape index (κ2) is 8.26. The van der Waals surface area contributed by atoms with Gasteiger partial charge in [-0.15, -0.1) is 11.8 Å². The first kappa shape index (κ1) is 21.6. The van der Waals surface area contributed by atoms with Gasteiger partial charge in [-0.25, -0.2) is 0 Å². The molecule has 0 fully saturated rings. The Hall–Kier alpha value is -3.26. The van der Waals surface area contributed by atoms with Crippen LogP contribution in [0.3, 0.4) is 0 Å². The molecule has 33 heavy (non-hydrogen) atoms. The summed E-state index contributed by atoms with van der Waals surface area (Å²) >= 11 is 1.79. The van der Waals surface area contributed by atoms with Gasteiger partial charge in [-0.1, -0.05) is 42.5 Å². The lowest BCUT2D eigenvalue weighted by molar-refractivity contribution is 0.0572. The lowest BCUT2D eigenvalue weighted by Gasteiger charge is -2.42. The van der Waals surface area contributed by atoms with Crippen LogP contribution in [0.2, 0.25) is 0 Å². The molecule has 1 amide bonds. The highest BCUT2D eigenvalue weighted by molar-refractivity contribution is 7.98. The molecule has 0 spiro atoms. The van der Waals surface area contributed by atoms with Crippen molar-refractivity contribution in [3.05, 3.63) is 81.3 Å². The maximum absolute atomic E-state index is 13.4. The van der Waals surface area contributed by atoms with Gasteiger partial charge in [0.1, 0.15) is 0 Å². The van der Waals surface area contributed by atoms with Crippen molar-refractivity contribution in [2.24, 2.45) is 0 Å². The molecule has 0 saturated carbocycles. The minimum atomic E-state index is -0.868. The van der Waals surface area contributed by atoms with Crippen LogP contribution in [0.5, 0.6) is 11.8 Å². The van der Waals surface area contributed by atoms with Gasteiger partial charge in [-0.2, -0.15) is 4.98 Å². The summed E-state index contributed by atoms with van der Waals surface area (Å²) in [7, 11) is 1.42. The van der Waals surface area contributed by atoms with Crippen LogP contribution in [-0.4, -0.2) is 45.2 Å². The van der Waals surface area contributed by atoms with Gasteiger partial charge in [0, 0.05) is 29.2 Å². The number of hydrogen-bond acceptors (Lipinski definition) is 6. The maximum Gasteiger partial charge on any atom is 0.318 e. The average Bonchev–Trinajstić information content (AvgIpc) is 2.98. The summed E-state index contributed by atoms with van der Waals surface area (Å²) in [5.41, 5.74) is 2.58. The molecule has 2 aliphatic heterocycles. The number of thioether (sulfide) groups is 1. The van der Waals surface area contributed by atoms with Gasteiger partial charge in [0.15, 0.2) is 5.69 Å². The Bertz CT molecular complexity index is 1260. The fourth-order valence-corrected chi connectivity index (χ4v) is 6.05. The number of amides is 1. The summed E-state index contributed by atoms with van der Waals surface area (Å²) in [4.78, 5) is 32.6. The van der Waals surface area contributed by atoms with Crippen LogP contribution in [0.4, 0.5) is 0 Å². The van der Waals surface area contributed by atoms with Crippen molar-refractivity contribution in [1.82, 2.24) is 14.5 Å². The van der Waals surface area contributed by atoms with Gasteiger partial charge in [-0.3, -0.25) is 14.2 Å². The van der Waals surface area contributed by atoms with Gasteiger partial charge in [0.25, 0.3) is 5.91 Å². The van der Waals surface area contributed by atoms with E-state index in [1.54, 1.807) is 21.2 Å². The summed E-state index contributed by atoms with van der Waals surface area (Å²) < 4.78 is 7.12. The van der Waals surface area contributed by atoms with Gasteiger partial charge in [-0.05, 0) is 36.6 Å². The van der Waals surface area contributed by atoms with Crippen LogP contribution in [0.1, 0.15) is 53.0 Å². The third-order valence-electron chi connectivity index (χ3n) is 6.47. The number of rotatable bonds is 3. The second-order valence-electron chi connectivity index (χ2n) is 8.59. The lowest BCUT2D eigenvalue weighted by atomic mass is 9.81. The summed E-state index contributed by atoms with van der Waals surface area (Å²) in [6.07, 6.45) is 0. The van der Waals surface area contributed by atoms with E-state index in [-0.39, 0.29) is 29.7 Å². The molecule has 0 bridgehead atoms. The minimum absolute atomic E-state index is 0.0291. The van der Waals surface area contributed by atoms with E-state index in [9.17, 15) is 14.7 Å². The van der Waals surface area contributed by atoms with Gasteiger partial charge in [0.05, 0.1) is 13.2 Å². The highest BCUT2D eigenvalue weighted by atomic mass is 32.2. The van der Waals surface area contributed by atoms with Crippen molar-refractivity contribution in [1.29, 1.82) is 0 Å². The van der Waals surface area contributed by atoms with Crippen LogP contribution in [-0.2, 0) is 5.75 Å². The largest absolute Gasteiger partial charge is 0.501 e. The number of hydrogen-bond donors (Lipinski definition) is 1. The van der Waals surface area contributed by atoms with Crippen LogP contribution < -0.4 is 10.3 Å². The number of carbonyl (C=O) groups excluding carboxylic acids is 1. The number of nitrogens with zero attached hydrogens (tertiary/aromatic N) is 3. The lowest BCUT2D eigenvalue weighted by Crippen LogP contribution is -2.49. The van der Waals surface area contributed by atoms with Crippen LogP contribution in [0.15, 0.2) is 58.2 Å². The molecule has 170 valence electrons. The predicted molar refractivity (Wildman–Crippen MR) is 126 cm³/mol. The average molecular weight is 464 g/mol. The Morgan fingerprint density at radius 2 is 1.79 bits per heavy atom. The first-order chi connectivity index (χ1) is 15.9. The standard InChI is InChI=1S/C25H25N3O4S/c1-14(2)27-12-18(28-21(24(27)31)22(29)23(30)26-25(28)32-3)20-16-9-5-4-8-15(16)13-33-19-11-7-6-10-17(19)20/h4-11,14,18,20,29H,12-13H2,1-3H3/t18-,20+/m1/s1. The second-order valence-corrected chi connectivity index (χ2v) is 9.61. The number of ether oxygens (including phenoxy) is 1. The molecule has 2 aromatic carbocycles. The van der Waals surface area contributed by atoms with E-state index < -0.39 is 17.2 Å². The molecular weight excluding hydrogens is 438 g/mol. The van der Waals surface area contributed by atoms with Crippen molar-refractivity contribution in [3.63, 3.8) is 0 Å². The van der Waals surface area contributed by atoms with Crippen molar-refractivity contribution in [3.8, 4) is 11.8 Å². The number of aromatic hydroxyl groups is 1. The normalized spacial score (nSPS) is 19.5. The van der Waals surface area contributed by atoms with Gasteiger partial charge >= 0.3 is 11.6 Å². The quantitative estimate of drug-likeness (QED) is 0.636. The molecule has 8 heteroatoms. The van der Waals surface area contributed by atoms with E-state index in [0.29, 0.717) is 6.54 Å². The number of fused-ring (bicyclic) bond motifs is 3. The maximum atomic E-state index is 13.4. The zero-order valence-corrected chi connectivity index (χ0v) is 19.5. The number of carbonyl (C=O) groups is 1. The third-order valence-corrected chi connectivity index (χ3v) is 7.61. The van der Waals surface area contributed by atoms with E-state index in [1.807, 2.05) is 38.1 Å². The molecule has 1 N–H and O–H groups in total. The predicted octanol–water partition coefficient (Wildman–Crippen LogP) is 3.80. The van der Waals surface area contributed by atoms with E-state index in [4.69, 9.17) is 4.74 Å². The summed E-state index contributed by atoms with van der Waals surface area (Å²) in [5, 5.41) is 10.7. The third kappa shape index (κ3) is 3.40. The molecule has 2 aliphatic rings. The zero-order valence-electron chi connectivity index (χ0n) is 18.7. The summed E-state index contributed by atoms with van der Waals surface area (Å²) in [6, 6.07) is 16.2. The molecule has 5 rings (SSSR count). The smallest absolute Gasteiger partial charge is 0.318 e. The Kier molecular flexibility index (Phi) is 5.40. The Balaban J connectivity index is 1.84. The number of aromatic nitrogens is 2.